The molecule has 0 aliphatic carbocycles. The van der Waals surface area contributed by atoms with Gasteiger partial charge in [0.2, 0.25) is 0 Å². The van der Waals surface area contributed by atoms with E-state index in [2.05, 4.69) is 74.6 Å². The van der Waals surface area contributed by atoms with Crippen molar-refractivity contribution in [2.45, 2.75) is 212 Å². The summed E-state index contributed by atoms with van der Waals surface area (Å²) in [5.74, 6) is -1.75. The van der Waals surface area contributed by atoms with Crippen LogP contribution in [-0.4, -0.2) is 75.5 Å². The SMILES string of the molecule is CC/C=C/C/C=C/CCCCCCCCCC(=O)OC(COCCC(C(=O)[O-])[N+](C)(C)C)COC(=O)CCCCCCCCCCC/C=C/C/C=C/C/C=C/CCCCC. The first-order valence-electron chi connectivity index (χ1n) is 24.3. The highest BCUT2D eigenvalue weighted by molar-refractivity contribution is 5.70. The average molecular weight is 842 g/mol. The zero-order valence-corrected chi connectivity index (χ0v) is 39.4. The molecule has 60 heavy (non-hydrogen) atoms. The van der Waals surface area contributed by atoms with Gasteiger partial charge in [0, 0.05) is 19.3 Å². The van der Waals surface area contributed by atoms with Gasteiger partial charge in [-0.1, -0.05) is 164 Å². The lowest BCUT2D eigenvalue weighted by atomic mass is 10.1. The maximum absolute atomic E-state index is 12.7. The zero-order valence-electron chi connectivity index (χ0n) is 39.4. The zero-order chi connectivity index (χ0) is 44.2. The van der Waals surface area contributed by atoms with Gasteiger partial charge in [0.15, 0.2) is 6.10 Å². The molecule has 0 fully saturated rings. The third kappa shape index (κ3) is 40.4. The minimum atomic E-state index is -1.13. The minimum Gasteiger partial charge on any atom is -0.544 e. The highest BCUT2D eigenvalue weighted by atomic mass is 16.6. The van der Waals surface area contributed by atoms with E-state index in [0.29, 0.717) is 12.8 Å². The van der Waals surface area contributed by atoms with Crippen LogP contribution in [0.3, 0.4) is 0 Å². The molecule has 0 N–H and O–H groups in total. The Bertz CT molecular complexity index is 1170. The summed E-state index contributed by atoms with van der Waals surface area (Å²) < 4.78 is 17.2. The highest BCUT2D eigenvalue weighted by Crippen LogP contribution is 2.14. The quantitative estimate of drug-likeness (QED) is 0.0261. The van der Waals surface area contributed by atoms with Crippen LogP contribution >= 0.6 is 0 Å². The van der Waals surface area contributed by atoms with E-state index in [-0.39, 0.29) is 42.7 Å². The molecule has 0 bridgehead atoms. The molecule has 8 nitrogen and oxygen atoms in total. The average Bonchev–Trinajstić information content (AvgIpc) is 3.21. The van der Waals surface area contributed by atoms with Crippen LogP contribution in [0.4, 0.5) is 0 Å². The Morgan fingerprint density at radius 1 is 0.517 bits per heavy atom. The maximum Gasteiger partial charge on any atom is 0.306 e. The van der Waals surface area contributed by atoms with Crippen molar-refractivity contribution in [2.75, 3.05) is 41.0 Å². The Labute approximate surface area is 368 Å². The van der Waals surface area contributed by atoms with Crippen molar-refractivity contribution in [1.29, 1.82) is 0 Å². The van der Waals surface area contributed by atoms with Crippen molar-refractivity contribution in [3.63, 3.8) is 0 Å². The Balaban J connectivity index is 4.26. The number of quaternary nitrogens is 1. The molecule has 2 atom stereocenters. The monoisotopic (exact) mass is 842 g/mol. The summed E-state index contributed by atoms with van der Waals surface area (Å²) in [4.78, 5) is 36.9. The normalized spacial score (nSPS) is 13.4. The van der Waals surface area contributed by atoms with E-state index in [0.717, 1.165) is 77.0 Å². The maximum atomic E-state index is 12.7. The summed E-state index contributed by atoms with van der Waals surface area (Å²) in [6.45, 7) is 4.52. The van der Waals surface area contributed by atoms with Crippen LogP contribution in [0.2, 0.25) is 0 Å². The van der Waals surface area contributed by atoms with Gasteiger partial charge in [0.25, 0.3) is 0 Å². The molecule has 0 saturated heterocycles. The van der Waals surface area contributed by atoms with Gasteiger partial charge in [-0.2, -0.15) is 0 Å². The summed E-state index contributed by atoms with van der Waals surface area (Å²) in [5, 5.41) is 11.6. The lowest BCUT2D eigenvalue weighted by Gasteiger charge is -2.34. The first kappa shape index (κ1) is 57.0. The van der Waals surface area contributed by atoms with Crippen molar-refractivity contribution >= 4 is 17.9 Å². The third-order valence-corrected chi connectivity index (χ3v) is 10.6. The Hall–Kier alpha value is -2.97. The second-order valence-corrected chi connectivity index (χ2v) is 17.3. The van der Waals surface area contributed by atoms with Crippen molar-refractivity contribution in [2.24, 2.45) is 0 Å². The molecule has 0 aromatic heterocycles. The van der Waals surface area contributed by atoms with E-state index in [4.69, 9.17) is 14.2 Å². The van der Waals surface area contributed by atoms with Crippen molar-refractivity contribution in [3.8, 4) is 0 Å². The van der Waals surface area contributed by atoms with Crippen LogP contribution in [0.5, 0.6) is 0 Å². The van der Waals surface area contributed by atoms with Gasteiger partial charge in [0.1, 0.15) is 12.6 Å². The number of carboxylic acid groups (broad SMARTS) is 1. The standard InChI is InChI=1S/C52H91NO7/c1-6-8-10-12-14-16-18-20-22-23-24-25-26-27-28-29-31-32-34-36-38-40-42-50(54)59-47-48(46-58-45-44-49(52(56)57)53(3,4)5)60-51(55)43-41-39-37-35-33-30-21-19-17-15-13-11-9-7-2/h9,11,14-17,20,22,24-25,48-49H,6-8,10,12-13,18-19,21,23,26-47H2,1-5H3/b11-9+,16-14+,17-15+,22-20+,25-24+. The van der Waals surface area contributed by atoms with E-state index in [1.807, 2.05) is 0 Å². The number of carboxylic acids is 1. The van der Waals surface area contributed by atoms with E-state index in [1.165, 1.54) is 89.9 Å². The van der Waals surface area contributed by atoms with Gasteiger partial charge in [-0.05, 0) is 77.0 Å². The first-order chi connectivity index (χ1) is 29.1. The summed E-state index contributed by atoms with van der Waals surface area (Å²) in [6, 6.07) is -0.730. The number of carbonyl (C=O) groups excluding carboxylic acids is 3. The second-order valence-electron chi connectivity index (χ2n) is 17.3. The molecule has 0 saturated carbocycles. The number of aliphatic carboxylic acids is 1. The number of unbranched alkanes of at least 4 members (excludes halogenated alkanes) is 19. The van der Waals surface area contributed by atoms with Gasteiger partial charge in [-0.3, -0.25) is 9.59 Å². The van der Waals surface area contributed by atoms with Crippen LogP contribution in [0.25, 0.3) is 0 Å². The molecular formula is C52H91NO7. The molecule has 0 heterocycles. The van der Waals surface area contributed by atoms with Crippen LogP contribution in [0.15, 0.2) is 60.8 Å². The fraction of sp³-hybridized carbons (Fsp3) is 0.750. The molecule has 8 heteroatoms. The molecule has 2 unspecified atom stereocenters. The summed E-state index contributed by atoms with van der Waals surface area (Å²) in [6.07, 6.45) is 52.4. The number of rotatable bonds is 43. The minimum absolute atomic E-state index is 0.0342. The fourth-order valence-electron chi connectivity index (χ4n) is 6.88. The number of allylic oxidation sites excluding steroid dienone is 10. The summed E-state index contributed by atoms with van der Waals surface area (Å²) in [5.41, 5.74) is 0. The summed E-state index contributed by atoms with van der Waals surface area (Å²) in [7, 11) is 5.40. The number of hydrogen-bond acceptors (Lipinski definition) is 7. The molecule has 0 spiro atoms. The molecule has 0 aromatic rings. The highest BCUT2D eigenvalue weighted by Gasteiger charge is 2.25. The van der Waals surface area contributed by atoms with Crippen molar-refractivity contribution < 1.29 is 38.2 Å². The molecule has 0 aromatic carbocycles. The molecule has 0 amide bonds. The second kappa shape index (κ2) is 42.7. The number of hydrogen-bond donors (Lipinski definition) is 0. The van der Waals surface area contributed by atoms with Gasteiger partial charge >= 0.3 is 11.9 Å². The number of nitrogens with zero attached hydrogens (tertiary/aromatic N) is 1. The largest absolute Gasteiger partial charge is 0.544 e. The lowest BCUT2D eigenvalue weighted by Crippen LogP contribution is -2.55. The Morgan fingerprint density at radius 3 is 1.38 bits per heavy atom. The topological polar surface area (TPSA) is 102 Å². The van der Waals surface area contributed by atoms with Crippen molar-refractivity contribution in [3.05, 3.63) is 60.8 Å². The smallest absolute Gasteiger partial charge is 0.306 e. The van der Waals surface area contributed by atoms with Gasteiger partial charge in [0.05, 0.1) is 40.3 Å². The number of likely N-dealkylation sites (N-methyl/N-ethyl adjacent to an activating group) is 1. The van der Waals surface area contributed by atoms with E-state index in [9.17, 15) is 19.5 Å². The first-order valence-corrected chi connectivity index (χ1v) is 24.3. The number of esters is 2. The Kier molecular flexibility index (Phi) is 40.6. The number of ether oxygens (including phenoxy) is 3. The van der Waals surface area contributed by atoms with Crippen LogP contribution in [0, 0.1) is 0 Å². The van der Waals surface area contributed by atoms with E-state index in [1.54, 1.807) is 21.1 Å². The molecule has 0 aliphatic rings. The van der Waals surface area contributed by atoms with Crippen LogP contribution in [-0.2, 0) is 28.6 Å². The number of carbonyl (C=O) groups is 3. The molecule has 0 radical (unpaired) electrons. The lowest BCUT2D eigenvalue weighted by molar-refractivity contribution is -0.889. The van der Waals surface area contributed by atoms with E-state index < -0.39 is 18.1 Å². The Morgan fingerprint density at radius 2 is 0.933 bits per heavy atom. The predicted octanol–water partition coefficient (Wildman–Crippen LogP) is 12.4. The van der Waals surface area contributed by atoms with Gasteiger partial charge in [-0.25, -0.2) is 0 Å². The van der Waals surface area contributed by atoms with Crippen LogP contribution < -0.4 is 5.11 Å². The predicted molar refractivity (Wildman–Crippen MR) is 249 cm³/mol. The fourth-order valence-corrected chi connectivity index (χ4v) is 6.88. The van der Waals surface area contributed by atoms with Gasteiger partial charge < -0.3 is 28.6 Å². The van der Waals surface area contributed by atoms with E-state index >= 15 is 0 Å². The molecule has 0 aliphatic heterocycles. The van der Waals surface area contributed by atoms with Gasteiger partial charge in [-0.15, -0.1) is 0 Å². The van der Waals surface area contributed by atoms with Crippen molar-refractivity contribution in [1.82, 2.24) is 0 Å². The molecular weight excluding hydrogens is 751 g/mol. The molecule has 346 valence electrons. The third-order valence-electron chi connectivity index (χ3n) is 10.6. The van der Waals surface area contributed by atoms with Crippen LogP contribution in [0.1, 0.15) is 200 Å². The molecule has 0 rings (SSSR count). The summed E-state index contributed by atoms with van der Waals surface area (Å²) >= 11 is 0.